The molecule has 2 nitrogen and oxygen atoms in total. The van der Waals surface area contributed by atoms with E-state index in [1.165, 1.54) is 0 Å². The number of hydrogen-bond acceptors (Lipinski definition) is 1. The van der Waals surface area contributed by atoms with Crippen molar-refractivity contribution in [2.45, 2.75) is 18.9 Å². The van der Waals surface area contributed by atoms with Crippen LogP contribution in [-0.2, 0) is 4.79 Å². The van der Waals surface area contributed by atoms with Crippen LogP contribution < -0.4 is 4.90 Å². The zero-order valence-corrected chi connectivity index (χ0v) is 9.20. The molecule has 4 rings (SSSR count). The Morgan fingerprint density at radius 2 is 2.14 bits per heavy atom. The van der Waals surface area contributed by atoms with Crippen molar-refractivity contribution in [1.29, 1.82) is 0 Å². The molecule has 1 saturated carbocycles. The van der Waals surface area contributed by atoms with Crippen LogP contribution in [0.4, 0.5) is 5.69 Å². The molecule has 3 fully saturated rings. The van der Waals surface area contributed by atoms with Gasteiger partial charge in [-0.05, 0) is 31.0 Å². The zero-order valence-electron chi connectivity index (χ0n) is 7.61. The Kier molecular flexibility index (Phi) is 1.71. The second-order valence-corrected chi connectivity index (χ2v) is 4.93. The van der Waals surface area contributed by atoms with E-state index in [9.17, 15) is 4.79 Å². The Bertz CT molecular complexity index is 398. The van der Waals surface area contributed by atoms with E-state index in [1.807, 2.05) is 29.2 Å². The molecule has 0 N–H and O–H groups in total. The van der Waals surface area contributed by atoms with E-state index in [1.54, 1.807) is 0 Å². The summed E-state index contributed by atoms with van der Waals surface area (Å²) in [7, 11) is 0. The van der Waals surface area contributed by atoms with Gasteiger partial charge < -0.3 is 4.90 Å². The first-order valence-corrected chi connectivity index (χ1v) is 5.63. The standard InChI is InChI=1S/C11H10BrNO/c12-8-2-1-3-9(6-8)13-10-4-7(5-10)11(13)14/h1-3,6-7,10H,4-5H2. The predicted molar refractivity (Wildman–Crippen MR) is 58.1 cm³/mol. The fourth-order valence-corrected chi connectivity index (χ4v) is 2.73. The highest BCUT2D eigenvalue weighted by atomic mass is 79.9. The van der Waals surface area contributed by atoms with Gasteiger partial charge in [0, 0.05) is 22.1 Å². The van der Waals surface area contributed by atoms with Crippen LogP contribution in [0.2, 0.25) is 0 Å². The summed E-state index contributed by atoms with van der Waals surface area (Å²) in [5.74, 6) is 0.632. The lowest BCUT2D eigenvalue weighted by molar-refractivity contribution is -0.119. The number of carbonyl (C=O) groups excluding carboxylic acids is 1. The Hall–Kier alpha value is -0.830. The van der Waals surface area contributed by atoms with Gasteiger partial charge in [-0.1, -0.05) is 22.0 Å². The quantitative estimate of drug-likeness (QED) is 0.752. The highest BCUT2D eigenvalue weighted by molar-refractivity contribution is 9.10. The summed E-state index contributed by atoms with van der Waals surface area (Å²) in [5.41, 5.74) is 1.04. The van der Waals surface area contributed by atoms with E-state index in [0.29, 0.717) is 17.9 Å². The van der Waals surface area contributed by atoms with E-state index < -0.39 is 0 Å². The van der Waals surface area contributed by atoms with Crippen LogP contribution in [0.5, 0.6) is 0 Å². The van der Waals surface area contributed by atoms with Crippen LogP contribution in [0.25, 0.3) is 0 Å². The molecule has 0 spiro atoms. The third kappa shape index (κ3) is 1.05. The maximum absolute atomic E-state index is 11.8. The molecule has 0 aromatic heterocycles. The topological polar surface area (TPSA) is 20.3 Å². The second kappa shape index (κ2) is 2.83. The Balaban J connectivity index is 1.99. The molecule has 0 unspecified atom stereocenters. The van der Waals surface area contributed by atoms with E-state index in [2.05, 4.69) is 15.9 Å². The van der Waals surface area contributed by atoms with Crippen LogP contribution in [0.15, 0.2) is 28.7 Å². The Morgan fingerprint density at radius 1 is 1.36 bits per heavy atom. The molecule has 2 saturated heterocycles. The highest BCUT2D eigenvalue weighted by Crippen LogP contribution is 2.44. The lowest BCUT2D eigenvalue weighted by Crippen LogP contribution is -2.29. The molecule has 0 radical (unpaired) electrons. The van der Waals surface area contributed by atoms with Crippen molar-refractivity contribution >= 4 is 27.5 Å². The lowest BCUT2D eigenvalue weighted by atomic mass is 9.86. The molecule has 14 heavy (non-hydrogen) atoms. The summed E-state index contributed by atoms with van der Waals surface area (Å²) in [6.45, 7) is 0. The van der Waals surface area contributed by atoms with Gasteiger partial charge in [0.05, 0.1) is 0 Å². The van der Waals surface area contributed by atoms with Crippen LogP contribution in [-0.4, -0.2) is 11.9 Å². The monoisotopic (exact) mass is 251 g/mol. The first kappa shape index (κ1) is 8.48. The predicted octanol–water partition coefficient (Wildman–Crippen LogP) is 2.57. The summed E-state index contributed by atoms with van der Waals surface area (Å²) in [5, 5.41) is 0. The molecule has 3 heteroatoms. The van der Waals surface area contributed by atoms with Gasteiger partial charge in [0.2, 0.25) is 5.91 Å². The summed E-state index contributed by atoms with van der Waals surface area (Å²) in [6, 6.07) is 8.44. The second-order valence-electron chi connectivity index (χ2n) is 4.01. The molecular formula is C11H10BrNO. The lowest BCUT2D eigenvalue weighted by Gasteiger charge is -2.25. The van der Waals surface area contributed by atoms with E-state index in [4.69, 9.17) is 0 Å². The first-order valence-electron chi connectivity index (χ1n) is 4.84. The van der Waals surface area contributed by atoms with E-state index >= 15 is 0 Å². The molecule has 1 aliphatic carbocycles. The molecule has 2 aliphatic heterocycles. The van der Waals surface area contributed by atoms with Gasteiger partial charge in [-0.15, -0.1) is 0 Å². The largest absolute Gasteiger partial charge is 0.309 e. The minimum Gasteiger partial charge on any atom is -0.309 e. The number of carbonyl (C=O) groups is 1. The summed E-state index contributed by atoms with van der Waals surface area (Å²) in [4.78, 5) is 13.7. The fourth-order valence-electron chi connectivity index (χ4n) is 2.34. The average molecular weight is 252 g/mol. The molecule has 72 valence electrons. The fraction of sp³-hybridized carbons (Fsp3) is 0.364. The van der Waals surface area contributed by atoms with Gasteiger partial charge in [-0.2, -0.15) is 0 Å². The number of rotatable bonds is 1. The molecule has 2 bridgehead atoms. The Labute approximate surface area is 91.0 Å². The molecular weight excluding hydrogens is 242 g/mol. The molecule has 1 aromatic carbocycles. The van der Waals surface area contributed by atoms with Gasteiger partial charge in [0.1, 0.15) is 0 Å². The van der Waals surface area contributed by atoms with Crippen LogP contribution in [0, 0.1) is 5.92 Å². The van der Waals surface area contributed by atoms with Crippen LogP contribution >= 0.6 is 15.9 Å². The van der Waals surface area contributed by atoms with Crippen LogP contribution in [0.3, 0.4) is 0 Å². The van der Waals surface area contributed by atoms with Gasteiger partial charge >= 0.3 is 0 Å². The molecule has 1 aromatic rings. The average Bonchev–Trinajstić information content (AvgIpc) is 2.55. The number of anilines is 1. The Morgan fingerprint density at radius 3 is 2.71 bits per heavy atom. The summed E-state index contributed by atoms with van der Waals surface area (Å²) >= 11 is 3.42. The van der Waals surface area contributed by atoms with Crippen molar-refractivity contribution in [3.8, 4) is 0 Å². The number of halogens is 1. The van der Waals surface area contributed by atoms with Crippen molar-refractivity contribution in [3.63, 3.8) is 0 Å². The maximum Gasteiger partial charge on any atom is 0.230 e. The van der Waals surface area contributed by atoms with Gasteiger partial charge in [0.25, 0.3) is 0 Å². The van der Waals surface area contributed by atoms with Crippen LogP contribution in [0.1, 0.15) is 12.8 Å². The third-order valence-electron chi connectivity index (χ3n) is 3.15. The SMILES string of the molecule is O=C1C2CC(C2)N1c1cccc(Br)c1. The minimum absolute atomic E-state index is 0.313. The van der Waals surface area contributed by atoms with Gasteiger partial charge in [0.15, 0.2) is 0 Å². The maximum atomic E-state index is 11.8. The summed E-state index contributed by atoms with van der Waals surface area (Å²) in [6.07, 6.45) is 2.12. The third-order valence-corrected chi connectivity index (χ3v) is 3.64. The molecule has 2 heterocycles. The number of amides is 1. The van der Waals surface area contributed by atoms with Crippen molar-refractivity contribution in [1.82, 2.24) is 0 Å². The molecule has 1 amide bonds. The van der Waals surface area contributed by atoms with Gasteiger partial charge in [-0.25, -0.2) is 0 Å². The number of nitrogens with zero attached hydrogens (tertiary/aromatic N) is 1. The van der Waals surface area contributed by atoms with E-state index in [-0.39, 0.29) is 0 Å². The molecule has 0 atom stereocenters. The van der Waals surface area contributed by atoms with Crippen molar-refractivity contribution in [3.05, 3.63) is 28.7 Å². The van der Waals surface area contributed by atoms with E-state index in [0.717, 1.165) is 23.0 Å². The number of hydrogen-bond donors (Lipinski definition) is 0. The van der Waals surface area contributed by atoms with Crippen molar-refractivity contribution in [2.24, 2.45) is 5.92 Å². The smallest absolute Gasteiger partial charge is 0.230 e. The minimum atomic E-state index is 0.313. The normalized spacial score (nSPS) is 29.2. The molecule has 3 aliphatic rings. The first-order chi connectivity index (χ1) is 6.75. The van der Waals surface area contributed by atoms with Gasteiger partial charge in [-0.3, -0.25) is 4.79 Å². The van der Waals surface area contributed by atoms with Crippen molar-refractivity contribution in [2.75, 3.05) is 4.90 Å². The highest BCUT2D eigenvalue weighted by Gasteiger charge is 2.50. The zero-order chi connectivity index (χ0) is 9.71. The number of fused-ring (bicyclic) bond motifs is 1. The van der Waals surface area contributed by atoms with Crippen molar-refractivity contribution < 1.29 is 4.79 Å². The number of benzene rings is 1. The summed E-state index contributed by atoms with van der Waals surface area (Å²) < 4.78 is 1.03.